The van der Waals surface area contributed by atoms with Gasteiger partial charge in [0, 0.05) is 28.3 Å². The summed E-state index contributed by atoms with van der Waals surface area (Å²) in [7, 11) is 0. The van der Waals surface area contributed by atoms with E-state index in [4.69, 9.17) is 0 Å². The summed E-state index contributed by atoms with van der Waals surface area (Å²) in [5, 5.41) is -0.614. The number of ketones is 2. The van der Waals surface area contributed by atoms with Gasteiger partial charge in [0.1, 0.15) is 0 Å². The molecule has 8 heteroatoms. The van der Waals surface area contributed by atoms with Crippen molar-refractivity contribution < 1.29 is 14.4 Å². The molecule has 0 heterocycles. The highest BCUT2D eigenvalue weighted by Crippen LogP contribution is 2.25. The van der Waals surface area contributed by atoms with Crippen LogP contribution in [0.1, 0.15) is 20.8 Å². The second-order valence-electron chi connectivity index (χ2n) is 5.94. The lowest BCUT2D eigenvalue weighted by atomic mass is 10.2. The molecule has 0 saturated heterocycles. The Morgan fingerprint density at radius 1 is 0.926 bits per heavy atom. The number of allylic oxidation sites excluding steroid dienone is 3. The molecule has 0 rings (SSSR count). The molecule has 0 aromatic carbocycles. The number of carbonyl (C=O) groups is 3. The monoisotopic (exact) mass is 464 g/mol. The van der Waals surface area contributed by atoms with Gasteiger partial charge in [0.05, 0.1) is 10.5 Å². The Bertz CT molecular complexity index is 586. The van der Waals surface area contributed by atoms with Gasteiger partial charge in [0.25, 0.3) is 0 Å². The average molecular weight is 465 g/mol. The number of rotatable bonds is 14. The van der Waals surface area contributed by atoms with Crippen molar-refractivity contribution in [3.63, 3.8) is 0 Å². The standard InChI is InChI=1S/C19H28O3S5/c1-6-7-17(20)27-9-14(26-11-16(24)19(22)13(4)5)8-25-10-15(23)18(21)12(2)3/h6-7,14-16,23-24H,2,4,8-11H2,1,3,5H3. The van der Waals surface area contributed by atoms with E-state index in [0.717, 1.165) is 5.75 Å². The van der Waals surface area contributed by atoms with Crippen LogP contribution >= 0.6 is 60.5 Å². The first-order chi connectivity index (χ1) is 12.6. The maximum absolute atomic E-state index is 11.9. The lowest BCUT2D eigenvalue weighted by molar-refractivity contribution is -0.115. The number of hydrogen-bond acceptors (Lipinski definition) is 8. The SMILES string of the molecule is C=C(C)C(=O)C(S)CSCC(CSC(=O)C=CC)SCC(S)C(=O)C(=C)C. The number of hydrogen-bond donors (Lipinski definition) is 2. The maximum atomic E-state index is 11.9. The van der Waals surface area contributed by atoms with Gasteiger partial charge in [-0.15, -0.1) is 0 Å². The number of thioether (sulfide) groups is 3. The summed E-state index contributed by atoms with van der Waals surface area (Å²) in [4.78, 5) is 35.5. The van der Waals surface area contributed by atoms with Gasteiger partial charge in [0.15, 0.2) is 11.6 Å². The van der Waals surface area contributed by atoms with Gasteiger partial charge in [-0.3, -0.25) is 14.4 Å². The lowest BCUT2D eigenvalue weighted by Crippen LogP contribution is -2.22. The molecule has 0 aliphatic carbocycles. The van der Waals surface area contributed by atoms with Crippen LogP contribution in [0.25, 0.3) is 0 Å². The normalized spacial score (nSPS) is 14.6. The topological polar surface area (TPSA) is 51.2 Å². The molecular weight excluding hydrogens is 437 g/mol. The molecule has 0 aliphatic rings. The van der Waals surface area contributed by atoms with E-state index < -0.39 is 5.25 Å². The first kappa shape index (κ1) is 27.0. The third-order valence-electron chi connectivity index (χ3n) is 3.23. The largest absolute Gasteiger partial charge is 0.293 e. The van der Waals surface area contributed by atoms with Crippen molar-refractivity contribution in [2.45, 2.75) is 36.5 Å². The molecule has 0 aromatic rings. The predicted molar refractivity (Wildman–Crippen MR) is 131 cm³/mol. The van der Waals surface area contributed by atoms with Crippen molar-refractivity contribution in [1.29, 1.82) is 0 Å². The summed E-state index contributed by atoms with van der Waals surface area (Å²) in [5.41, 5.74) is 1.00. The van der Waals surface area contributed by atoms with Crippen molar-refractivity contribution in [3.05, 3.63) is 36.5 Å². The Hall–Kier alpha value is -0.0200. The first-order valence-electron chi connectivity index (χ1n) is 8.34. The van der Waals surface area contributed by atoms with Crippen molar-refractivity contribution >= 4 is 77.2 Å². The maximum Gasteiger partial charge on any atom is 0.211 e. The quantitative estimate of drug-likeness (QED) is 0.291. The highest BCUT2D eigenvalue weighted by atomic mass is 32.2. The smallest absolute Gasteiger partial charge is 0.211 e. The molecule has 0 fully saturated rings. The molecule has 0 radical (unpaired) electrons. The summed E-state index contributed by atoms with van der Waals surface area (Å²) in [5.74, 6) is 2.41. The van der Waals surface area contributed by atoms with E-state index in [1.165, 1.54) is 11.8 Å². The summed E-state index contributed by atoms with van der Waals surface area (Å²) in [6, 6.07) is 0. The third kappa shape index (κ3) is 12.2. The number of carbonyl (C=O) groups excluding carboxylic acids is 3. The number of thiol groups is 2. The summed E-state index contributed by atoms with van der Waals surface area (Å²) >= 11 is 13.2. The molecule has 3 atom stereocenters. The van der Waals surface area contributed by atoms with Crippen LogP contribution in [0, 0.1) is 0 Å². The molecule has 0 spiro atoms. The second kappa shape index (κ2) is 14.9. The van der Waals surface area contributed by atoms with Crippen LogP contribution in [0.2, 0.25) is 0 Å². The highest BCUT2D eigenvalue weighted by molar-refractivity contribution is 8.15. The molecule has 0 aliphatic heterocycles. The predicted octanol–water partition coefficient (Wildman–Crippen LogP) is 4.54. The van der Waals surface area contributed by atoms with Gasteiger partial charge in [-0.2, -0.15) is 48.8 Å². The van der Waals surface area contributed by atoms with E-state index in [9.17, 15) is 14.4 Å². The minimum Gasteiger partial charge on any atom is -0.293 e. The van der Waals surface area contributed by atoms with Crippen LogP contribution in [0.5, 0.6) is 0 Å². The molecule has 0 bridgehead atoms. The van der Waals surface area contributed by atoms with Crippen LogP contribution in [-0.2, 0) is 14.4 Å². The Balaban J connectivity index is 4.66. The van der Waals surface area contributed by atoms with Gasteiger partial charge in [0.2, 0.25) is 5.12 Å². The zero-order valence-electron chi connectivity index (χ0n) is 16.0. The van der Waals surface area contributed by atoms with E-state index in [0.29, 0.717) is 28.4 Å². The Morgan fingerprint density at radius 3 is 1.93 bits per heavy atom. The van der Waals surface area contributed by atoms with Crippen LogP contribution < -0.4 is 0 Å². The zero-order valence-corrected chi connectivity index (χ0v) is 20.2. The zero-order chi connectivity index (χ0) is 21.0. The lowest BCUT2D eigenvalue weighted by Gasteiger charge is -2.18. The van der Waals surface area contributed by atoms with Gasteiger partial charge in [-0.05, 0) is 38.0 Å². The molecule has 27 heavy (non-hydrogen) atoms. The fourth-order valence-corrected chi connectivity index (χ4v) is 6.39. The van der Waals surface area contributed by atoms with Crippen LogP contribution in [-0.4, -0.2) is 55.4 Å². The van der Waals surface area contributed by atoms with E-state index in [1.807, 2.05) is 0 Å². The van der Waals surface area contributed by atoms with Crippen molar-refractivity contribution in [2.24, 2.45) is 0 Å². The molecule has 0 aromatic heterocycles. The second-order valence-corrected chi connectivity index (χ2v) is 10.6. The van der Waals surface area contributed by atoms with E-state index in [2.05, 4.69) is 38.4 Å². The Kier molecular flexibility index (Phi) is 14.9. The molecule has 3 unspecified atom stereocenters. The van der Waals surface area contributed by atoms with Gasteiger partial charge in [-0.1, -0.05) is 31.0 Å². The van der Waals surface area contributed by atoms with Gasteiger partial charge >= 0.3 is 0 Å². The van der Waals surface area contributed by atoms with Crippen molar-refractivity contribution in [2.75, 3.05) is 23.0 Å². The van der Waals surface area contributed by atoms with Crippen LogP contribution in [0.3, 0.4) is 0 Å². The fourth-order valence-electron chi connectivity index (χ4n) is 1.76. The fraction of sp³-hybridized carbons (Fsp3) is 0.526. The summed E-state index contributed by atoms with van der Waals surface area (Å²) in [6.45, 7) is 12.5. The molecule has 152 valence electrons. The van der Waals surface area contributed by atoms with E-state index in [-0.39, 0.29) is 27.2 Å². The summed E-state index contributed by atoms with van der Waals surface area (Å²) < 4.78 is 0. The Morgan fingerprint density at radius 2 is 1.44 bits per heavy atom. The molecule has 0 amide bonds. The molecular formula is C19H28O3S5. The highest BCUT2D eigenvalue weighted by Gasteiger charge is 2.20. The van der Waals surface area contributed by atoms with Crippen molar-refractivity contribution in [3.8, 4) is 0 Å². The third-order valence-corrected chi connectivity index (χ3v) is 8.51. The van der Waals surface area contributed by atoms with E-state index in [1.54, 1.807) is 56.4 Å². The number of Topliss-reactive ketones (excluding diaryl/α,β-unsaturated/α-hetero) is 2. The minimum absolute atomic E-state index is 0.0121. The van der Waals surface area contributed by atoms with Crippen LogP contribution in [0.4, 0.5) is 0 Å². The summed E-state index contributed by atoms with van der Waals surface area (Å²) in [6.07, 6.45) is 3.26. The average Bonchev–Trinajstić information content (AvgIpc) is 2.61. The van der Waals surface area contributed by atoms with Gasteiger partial charge in [-0.25, -0.2) is 0 Å². The van der Waals surface area contributed by atoms with Crippen LogP contribution in [0.15, 0.2) is 36.5 Å². The molecule has 0 saturated carbocycles. The Labute approximate surface area is 186 Å². The van der Waals surface area contributed by atoms with Crippen molar-refractivity contribution in [1.82, 2.24) is 0 Å². The first-order valence-corrected chi connectivity index (χ1v) is 12.6. The molecule has 0 N–H and O–H groups in total. The minimum atomic E-state index is -0.404. The van der Waals surface area contributed by atoms with Gasteiger partial charge < -0.3 is 0 Å². The van der Waals surface area contributed by atoms with E-state index >= 15 is 0 Å². The molecule has 3 nitrogen and oxygen atoms in total.